The Bertz CT molecular complexity index is 727. The molecule has 0 saturated carbocycles. The van der Waals surface area contributed by atoms with E-state index in [1.807, 2.05) is 43.4 Å². The number of hydrogen-bond acceptors (Lipinski definition) is 4. The highest BCUT2D eigenvalue weighted by Gasteiger charge is 2.05. The quantitative estimate of drug-likeness (QED) is 0.787. The van der Waals surface area contributed by atoms with Gasteiger partial charge in [0.15, 0.2) is 0 Å². The van der Waals surface area contributed by atoms with Crippen LogP contribution in [0.4, 0.5) is 0 Å². The van der Waals surface area contributed by atoms with E-state index in [2.05, 4.69) is 15.3 Å². The maximum atomic E-state index is 5.93. The van der Waals surface area contributed by atoms with Crippen molar-refractivity contribution < 1.29 is 4.74 Å². The average molecular weight is 265 g/mol. The smallest absolute Gasteiger partial charge is 0.146 e. The lowest BCUT2D eigenvalue weighted by Crippen LogP contribution is -2.06. The number of nitrogens with zero attached hydrogens (tertiary/aromatic N) is 2. The van der Waals surface area contributed by atoms with Crippen LogP contribution in [0.1, 0.15) is 5.56 Å². The minimum absolute atomic E-state index is 0.712. The maximum Gasteiger partial charge on any atom is 0.146 e. The first kappa shape index (κ1) is 12.6. The van der Waals surface area contributed by atoms with Crippen molar-refractivity contribution in [3.8, 4) is 11.5 Å². The molecule has 0 unspecified atom stereocenters. The molecule has 2 aromatic heterocycles. The second-order valence-corrected chi connectivity index (χ2v) is 4.48. The van der Waals surface area contributed by atoms with Crippen molar-refractivity contribution in [2.75, 3.05) is 7.05 Å². The van der Waals surface area contributed by atoms with Crippen LogP contribution in [-0.2, 0) is 6.54 Å². The Kier molecular flexibility index (Phi) is 3.56. The predicted molar refractivity (Wildman–Crippen MR) is 78.8 cm³/mol. The molecule has 4 nitrogen and oxygen atoms in total. The van der Waals surface area contributed by atoms with Crippen molar-refractivity contribution in [2.24, 2.45) is 0 Å². The van der Waals surface area contributed by atoms with Gasteiger partial charge in [0.1, 0.15) is 11.5 Å². The fourth-order valence-corrected chi connectivity index (χ4v) is 2.07. The molecule has 1 N–H and O–H groups in total. The highest BCUT2D eigenvalue weighted by atomic mass is 16.5. The van der Waals surface area contributed by atoms with Gasteiger partial charge in [-0.2, -0.15) is 0 Å². The summed E-state index contributed by atoms with van der Waals surface area (Å²) >= 11 is 0. The number of pyridine rings is 2. The normalized spacial score (nSPS) is 10.7. The van der Waals surface area contributed by atoms with Gasteiger partial charge in [0.05, 0.1) is 11.7 Å². The summed E-state index contributed by atoms with van der Waals surface area (Å²) in [6, 6.07) is 11.8. The molecule has 0 spiro atoms. The third-order valence-electron chi connectivity index (χ3n) is 3.02. The highest BCUT2D eigenvalue weighted by molar-refractivity contribution is 5.79. The van der Waals surface area contributed by atoms with E-state index in [4.69, 9.17) is 4.74 Å². The van der Waals surface area contributed by atoms with Crippen molar-refractivity contribution in [3.05, 3.63) is 60.6 Å². The van der Waals surface area contributed by atoms with E-state index in [0.717, 1.165) is 28.0 Å². The largest absolute Gasteiger partial charge is 0.455 e. The van der Waals surface area contributed by atoms with Crippen molar-refractivity contribution in [1.29, 1.82) is 0 Å². The zero-order valence-electron chi connectivity index (χ0n) is 11.2. The van der Waals surface area contributed by atoms with Crippen molar-refractivity contribution >= 4 is 10.9 Å². The molecule has 3 rings (SSSR count). The molecule has 0 amide bonds. The number of ether oxygens (including phenoxy) is 1. The Balaban J connectivity index is 1.93. The summed E-state index contributed by atoms with van der Waals surface area (Å²) < 4.78 is 5.93. The molecular formula is C16H15N3O. The molecule has 0 radical (unpaired) electrons. The minimum Gasteiger partial charge on any atom is -0.455 e. The fourth-order valence-electron chi connectivity index (χ4n) is 2.07. The van der Waals surface area contributed by atoms with Gasteiger partial charge < -0.3 is 10.1 Å². The second kappa shape index (κ2) is 5.67. The summed E-state index contributed by atoms with van der Waals surface area (Å²) in [5.74, 6) is 1.53. The molecule has 0 atom stereocenters. The average Bonchev–Trinajstić information content (AvgIpc) is 2.49. The van der Waals surface area contributed by atoms with Crippen LogP contribution in [0.15, 0.2) is 55.0 Å². The third-order valence-corrected chi connectivity index (χ3v) is 3.02. The van der Waals surface area contributed by atoms with Gasteiger partial charge in [0, 0.05) is 29.9 Å². The minimum atomic E-state index is 0.712. The van der Waals surface area contributed by atoms with Gasteiger partial charge in [-0.25, -0.2) is 0 Å². The standard InChI is InChI=1S/C16H15N3O/c1-17-9-13-10-18-7-6-16(13)20-14-8-12-4-2-3-5-15(12)19-11-14/h2-8,10-11,17H,9H2,1H3. The van der Waals surface area contributed by atoms with Crippen molar-refractivity contribution in [3.63, 3.8) is 0 Å². The molecule has 0 aliphatic heterocycles. The molecule has 0 aliphatic rings. The zero-order valence-corrected chi connectivity index (χ0v) is 11.2. The molecule has 0 aliphatic carbocycles. The van der Waals surface area contributed by atoms with E-state index in [9.17, 15) is 0 Å². The van der Waals surface area contributed by atoms with E-state index in [1.54, 1.807) is 18.6 Å². The monoisotopic (exact) mass is 265 g/mol. The van der Waals surface area contributed by atoms with Gasteiger partial charge in [0.25, 0.3) is 0 Å². The van der Waals surface area contributed by atoms with E-state index in [-0.39, 0.29) is 0 Å². The van der Waals surface area contributed by atoms with E-state index in [0.29, 0.717) is 6.54 Å². The van der Waals surface area contributed by atoms with Crippen LogP contribution >= 0.6 is 0 Å². The molecule has 0 bridgehead atoms. The van der Waals surface area contributed by atoms with Crippen LogP contribution in [0, 0.1) is 0 Å². The van der Waals surface area contributed by atoms with Crippen LogP contribution in [0.25, 0.3) is 10.9 Å². The molecule has 100 valence electrons. The first-order valence-electron chi connectivity index (χ1n) is 6.47. The van der Waals surface area contributed by atoms with Gasteiger partial charge in [-0.3, -0.25) is 9.97 Å². The highest BCUT2D eigenvalue weighted by Crippen LogP contribution is 2.26. The van der Waals surface area contributed by atoms with Gasteiger partial charge in [0.2, 0.25) is 0 Å². The van der Waals surface area contributed by atoms with Gasteiger partial charge >= 0.3 is 0 Å². The van der Waals surface area contributed by atoms with Gasteiger partial charge in [-0.15, -0.1) is 0 Å². The molecule has 0 saturated heterocycles. The lowest BCUT2D eigenvalue weighted by atomic mass is 10.2. The number of benzene rings is 1. The maximum absolute atomic E-state index is 5.93. The summed E-state index contributed by atoms with van der Waals surface area (Å²) in [4.78, 5) is 8.52. The number of aromatic nitrogens is 2. The van der Waals surface area contributed by atoms with Crippen LogP contribution < -0.4 is 10.1 Å². The van der Waals surface area contributed by atoms with Crippen LogP contribution in [0.5, 0.6) is 11.5 Å². The van der Waals surface area contributed by atoms with Crippen molar-refractivity contribution in [2.45, 2.75) is 6.54 Å². The Morgan fingerprint density at radius 2 is 2.05 bits per heavy atom. The first-order chi connectivity index (χ1) is 9.86. The lowest BCUT2D eigenvalue weighted by molar-refractivity contribution is 0.472. The molecule has 0 fully saturated rings. The summed E-state index contributed by atoms with van der Waals surface area (Å²) in [7, 11) is 1.90. The Morgan fingerprint density at radius 3 is 2.95 bits per heavy atom. The van der Waals surface area contributed by atoms with Crippen LogP contribution in [-0.4, -0.2) is 17.0 Å². The predicted octanol–water partition coefficient (Wildman–Crippen LogP) is 3.14. The van der Waals surface area contributed by atoms with Crippen molar-refractivity contribution in [1.82, 2.24) is 15.3 Å². The zero-order chi connectivity index (χ0) is 13.8. The molecule has 1 aromatic carbocycles. The molecule has 20 heavy (non-hydrogen) atoms. The Hall–Kier alpha value is -2.46. The fraction of sp³-hybridized carbons (Fsp3) is 0.125. The van der Waals surface area contributed by atoms with E-state index in [1.165, 1.54) is 0 Å². The third kappa shape index (κ3) is 2.60. The molecular weight excluding hydrogens is 250 g/mol. The van der Waals surface area contributed by atoms with Crippen LogP contribution in [0.2, 0.25) is 0 Å². The van der Waals surface area contributed by atoms with Gasteiger partial charge in [-0.1, -0.05) is 18.2 Å². The van der Waals surface area contributed by atoms with Gasteiger partial charge in [-0.05, 0) is 25.2 Å². The molecule has 4 heteroatoms. The lowest BCUT2D eigenvalue weighted by Gasteiger charge is -2.10. The topological polar surface area (TPSA) is 47.0 Å². The number of hydrogen-bond donors (Lipinski definition) is 1. The summed E-state index contributed by atoms with van der Waals surface area (Å²) in [5, 5.41) is 4.17. The summed E-state index contributed by atoms with van der Waals surface area (Å²) in [6.07, 6.45) is 5.27. The molecule has 3 aromatic rings. The number of nitrogens with one attached hydrogen (secondary N) is 1. The SMILES string of the molecule is CNCc1cnccc1Oc1cnc2ccccc2c1. The molecule has 2 heterocycles. The van der Waals surface area contributed by atoms with E-state index >= 15 is 0 Å². The van der Waals surface area contributed by atoms with E-state index < -0.39 is 0 Å². The second-order valence-electron chi connectivity index (χ2n) is 4.48. The van der Waals surface area contributed by atoms with Crippen LogP contribution in [0.3, 0.4) is 0 Å². The Morgan fingerprint density at radius 1 is 1.15 bits per heavy atom. The number of rotatable bonds is 4. The first-order valence-corrected chi connectivity index (χ1v) is 6.47. The summed E-state index contributed by atoms with van der Waals surface area (Å²) in [6.45, 7) is 0.712. The Labute approximate surface area is 117 Å². The summed E-state index contributed by atoms with van der Waals surface area (Å²) in [5.41, 5.74) is 1.98. The number of para-hydroxylation sites is 1. The number of fused-ring (bicyclic) bond motifs is 1.